The Hall–Kier alpha value is -0.410. The fourth-order valence-electron chi connectivity index (χ4n) is 2.55. The summed E-state index contributed by atoms with van der Waals surface area (Å²) in [6.07, 6.45) is 6.05. The average Bonchev–Trinajstić information content (AvgIpc) is 2.76. The molecule has 1 aliphatic heterocycles. The van der Waals surface area contributed by atoms with Crippen molar-refractivity contribution in [1.29, 1.82) is 0 Å². The van der Waals surface area contributed by atoms with Crippen LogP contribution in [0.25, 0.3) is 0 Å². The van der Waals surface area contributed by atoms with Crippen molar-refractivity contribution in [2.45, 2.75) is 65.1 Å². The Labute approximate surface area is 105 Å². The molecule has 0 aromatic rings. The molecule has 1 atom stereocenters. The van der Waals surface area contributed by atoms with Crippen LogP contribution in [0, 0.1) is 5.92 Å². The maximum Gasteiger partial charge on any atom is 0.178 e. The second-order valence-electron chi connectivity index (χ2n) is 4.92. The van der Waals surface area contributed by atoms with Crippen molar-refractivity contribution in [2.75, 3.05) is 13.2 Å². The summed E-state index contributed by atoms with van der Waals surface area (Å²) in [5, 5.41) is 0. The van der Waals surface area contributed by atoms with E-state index >= 15 is 0 Å². The quantitative estimate of drug-likeness (QED) is 0.655. The molecule has 0 aromatic heterocycles. The molecule has 0 bridgehead atoms. The number of Topliss-reactive ketones (excluding diaryl/α,β-unsaturated/α-hetero) is 1. The zero-order chi connectivity index (χ0) is 12.7. The summed E-state index contributed by atoms with van der Waals surface area (Å²) in [5.41, 5.74) is 0. The van der Waals surface area contributed by atoms with Gasteiger partial charge in [-0.25, -0.2) is 0 Å². The van der Waals surface area contributed by atoms with Gasteiger partial charge in [0.2, 0.25) is 0 Å². The monoisotopic (exact) mass is 242 g/mol. The van der Waals surface area contributed by atoms with E-state index in [1.165, 1.54) is 0 Å². The van der Waals surface area contributed by atoms with Crippen molar-refractivity contribution in [2.24, 2.45) is 5.92 Å². The molecule has 17 heavy (non-hydrogen) atoms. The Morgan fingerprint density at radius 1 is 1.18 bits per heavy atom. The smallest absolute Gasteiger partial charge is 0.178 e. The summed E-state index contributed by atoms with van der Waals surface area (Å²) in [4.78, 5) is 11.8. The van der Waals surface area contributed by atoms with E-state index in [1.54, 1.807) is 6.92 Å². The van der Waals surface area contributed by atoms with Crippen molar-refractivity contribution < 1.29 is 14.3 Å². The number of hydrogen-bond donors (Lipinski definition) is 0. The number of unbranched alkanes of at least 4 members (excludes halogenated alkanes) is 2. The van der Waals surface area contributed by atoms with Crippen LogP contribution in [-0.2, 0) is 14.3 Å². The number of ketones is 1. The predicted molar refractivity (Wildman–Crippen MR) is 67.9 cm³/mol. The Kier molecular flexibility index (Phi) is 6.14. The summed E-state index contributed by atoms with van der Waals surface area (Å²) in [6, 6.07) is 0. The van der Waals surface area contributed by atoms with Crippen LogP contribution in [0.2, 0.25) is 0 Å². The molecule has 0 radical (unpaired) electrons. The Balaban J connectivity index is 2.73. The third-order valence-corrected chi connectivity index (χ3v) is 3.52. The lowest BCUT2D eigenvalue weighted by Gasteiger charge is -2.34. The minimum absolute atomic E-state index is 0.0866. The van der Waals surface area contributed by atoms with Gasteiger partial charge in [0.25, 0.3) is 0 Å². The van der Waals surface area contributed by atoms with Gasteiger partial charge in [0, 0.05) is 6.42 Å². The van der Waals surface area contributed by atoms with Crippen LogP contribution in [0.3, 0.4) is 0 Å². The second-order valence-corrected chi connectivity index (χ2v) is 4.92. The molecule has 0 saturated carbocycles. The first-order valence-corrected chi connectivity index (χ1v) is 6.94. The topological polar surface area (TPSA) is 35.5 Å². The van der Waals surface area contributed by atoms with E-state index < -0.39 is 5.79 Å². The SMILES string of the molecule is CCCCC(C(C)=O)C1(CCCC)OCCO1. The summed E-state index contributed by atoms with van der Waals surface area (Å²) in [7, 11) is 0. The first kappa shape index (κ1) is 14.7. The van der Waals surface area contributed by atoms with Gasteiger partial charge in [-0.1, -0.05) is 33.1 Å². The normalized spacial score (nSPS) is 20.4. The lowest BCUT2D eigenvalue weighted by molar-refractivity contribution is -0.202. The van der Waals surface area contributed by atoms with Gasteiger partial charge < -0.3 is 9.47 Å². The largest absolute Gasteiger partial charge is 0.347 e. The summed E-state index contributed by atoms with van der Waals surface area (Å²) in [5.74, 6) is -0.496. The van der Waals surface area contributed by atoms with E-state index in [4.69, 9.17) is 9.47 Å². The van der Waals surface area contributed by atoms with Gasteiger partial charge >= 0.3 is 0 Å². The van der Waals surface area contributed by atoms with Gasteiger partial charge in [-0.2, -0.15) is 0 Å². The number of rotatable bonds is 8. The van der Waals surface area contributed by atoms with E-state index in [0.717, 1.165) is 38.5 Å². The summed E-state index contributed by atoms with van der Waals surface area (Å²) in [6.45, 7) is 7.21. The molecule has 0 amide bonds. The maximum atomic E-state index is 11.8. The van der Waals surface area contributed by atoms with Crippen molar-refractivity contribution in [3.05, 3.63) is 0 Å². The molecule has 1 aliphatic rings. The van der Waals surface area contributed by atoms with E-state index in [1.807, 2.05) is 0 Å². The van der Waals surface area contributed by atoms with Gasteiger partial charge in [0.1, 0.15) is 5.78 Å². The Morgan fingerprint density at radius 2 is 1.76 bits per heavy atom. The highest BCUT2D eigenvalue weighted by Crippen LogP contribution is 2.36. The van der Waals surface area contributed by atoms with Crippen molar-refractivity contribution in [3.63, 3.8) is 0 Å². The molecule has 0 N–H and O–H groups in total. The molecule has 1 heterocycles. The first-order chi connectivity index (χ1) is 8.16. The van der Waals surface area contributed by atoms with Crippen LogP contribution in [0.4, 0.5) is 0 Å². The Bertz CT molecular complexity index is 232. The summed E-state index contributed by atoms with van der Waals surface area (Å²) >= 11 is 0. The van der Waals surface area contributed by atoms with Crippen LogP contribution >= 0.6 is 0 Å². The highest BCUT2D eigenvalue weighted by Gasteiger charge is 2.45. The average molecular weight is 242 g/mol. The molecule has 3 nitrogen and oxygen atoms in total. The van der Waals surface area contributed by atoms with E-state index in [0.29, 0.717) is 13.2 Å². The molecule has 0 aromatic carbocycles. The van der Waals surface area contributed by atoms with Crippen LogP contribution in [0.15, 0.2) is 0 Å². The highest BCUT2D eigenvalue weighted by atomic mass is 16.7. The lowest BCUT2D eigenvalue weighted by Crippen LogP contribution is -2.43. The number of hydrogen-bond acceptors (Lipinski definition) is 3. The van der Waals surface area contributed by atoms with Crippen LogP contribution in [0.5, 0.6) is 0 Å². The predicted octanol–water partition coefficient (Wildman–Crippen LogP) is 3.32. The van der Waals surface area contributed by atoms with Crippen LogP contribution in [0.1, 0.15) is 59.3 Å². The van der Waals surface area contributed by atoms with Gasteiger partial charge in [0.15, 0.2) is 5.79 Å². The minimum atomic E-state index is -0.614. The molecule has 0 spiro atoms. The molecule has 1 saturated heterocycles. The molecular formula is C14H26O3. The van der Waals surface area contributed by atoms with Gasteiger partial charge in [-0.05, 0) is 19.8 Å². The number of carbonyl (C=O) groups excluding carboxylic acids is 1. The van der Waals surface area contributed by atoms with Crippen LogP contribution in [-0.4, -0.2) is 24.8 Å². The molecule has 100 valence electrons. The standard InChI is InChI=1S/C14H26O3/c1-4-6-8-13(12(3)15)14(9-7-5-2)16-10-11-17-14/h13H,4-11H2,1-3H3. The molecule has 0 aliphatic carbocycles. The fourth-order valence-corrected chi connectivity index (χ4v) is 2.55. The van der Waals surface area contributed by atoms with E-state index in [-0.39, 0.29) is 11.7 Å². The number of carbonyl (C=O) groups is 1. The summed E-state index contributed by atoms with van der Waals surface area (Å²) < 4.78 is 11.6. The minimum Gasteiger partial charge on any atom is -0.347 e. The molecule has 1 unspecified atom stereocenters. The van der Waals surface area contributed by atoms with Crippen LogP contribution < -0.4 is 0 Å². The van der Waals surface area contributed by atoms with Gasteiger partial charge in [-0.15, -0.1) is 0 Å². The third kappa shape index (κ3) is 3.78. The van der Waals surface area contributed by atoms with Crippen molar-refractivity contribution in [3.8, 4) is 0 Å². The fraction of sp³-hybridized carbons (Fsp3) is 0.929. The van der Waals surface area contributed by atoms with Crippen molar-refractivity contribution >= 4 is 5.78 Å². The molecule has 3 heteroatoms. The molecule has 1 fully saturated rings. The van der Waals surface area contributed by atoms with Gasteiger partial charge in [0.05, 0.1) is 19.1 Å². The lowest BCUT2D eigenvalue weighted by atomic mass is 9.86. The third-order valence-electron chi connectivity index (χ3n) is 3.52. The second kappa shape index (κ2) is 7.12. The van der Waals surface area contributed by atoms with E-state index in [9.17, 15) is 4.79 Å². The molecular weight excluding hydrogens is 216 g/mol. The first-order valence-electron chi connectivity index (χ1n) is 6.94. The maximum absolute atomic E-state index is 11.8. The zero-order valence-corrected chi connectivity index (χ0v) is 11.5. The van der Waals surface area contributed by atoms with E-state index in [2.05, 4.69) is 13.8 Å². The Morgan fingerprint density at radius 3 is 2.24 bits per heavy atom. The van der Waals surface area contributed by atoms with Gasteiger partial charge in [-0.3, -0.25) is 4.79 Å². The molecule has 1 rings (SSSR count). The zero-order valence-electron chi connectivity index (χ0n) is 11.5. The number of ether oxygens (including phenoxy) is 2. The van der Waals surface area contributed by atoms with Crippen molar-refractivity contribution in [1.82, 2.24) is 0 Å². The highest BCUT2D eigenvalue weighted by molar-refractivity contribution is 5.79.